The van der Waals surface area contributed by atoms with E-state index in [1.165, 1.54) is 12.8 Å². The summed E-state index contributed by atoms with van der Waals surface area (Å²) in [6.07, 6.45) is 2.80. The van der Waals surface area contributed by atoms with Gasteiger partial charge in [0, 0.05) is 6.61 Å². The molecule has 0 rings (SSSR count). The lowest BCUT2D eigenvalue weighted by Crippen LogP contribution is -2.20. The Hall–Kier alpha value is -0.0800. The van der Waals surface area contributed by atoms with Crippen LogP contribution in [-0.4, -0.2) is 25.8 Å². The summed E-state index contributed by atoms with van der Waals surface area (Å²) in [5, 5.41) is 3.40. The minimum atomic E-state index is 0.367. The molecule has 0 aliphatic heterocycles. The van der Waals surface area contributed by atoms with Gasteiger partial charge in [0.15, 0.2) is 0 Å². The van der Waals surface area contributed by atoms with E-state index in [2.05, 4.69) is 33.0 Å². The number of nitrogens with one attached hydrogen (secondary N) is 1. The summed E-state index contributed by atoms with van der Waals surface area (Å²) in [6, 6.07) is 0. The van der Waals surface area contributed by atoms with E-state index >= 15 is 0 Å². The maximum absolute atomic E-state index is 5.53. The number of rotatable bonds is 8. The standard InChI is InChI=1S/C11H25NO/c1-5-7-12-8-6-11(4)9-13-10(2)3/h10-12H,5-9H2,1-4H3. The molecule has 0 saturated heterocycles. The van der Waals surface area contributed by atoms with Gasteiger partial charge in [-0.2, -0.15) is 0 Å². The third-order valence-electron chi connectivity index (χ3n) is 1.95. The third kappa shape index (κ3) is 9.84. The van der Waals surface area contributed by atoms with Crippen LogP contribution in [0.15, 0.2) is 0 Å². The molecule has 13 heavy (non-hydrogen) atoms. The van der Waals surface area contributed by atoms with Gasteiger partial charge in [-0.3, -0.25) is 0 Å². The van der Waals surface area contributed by atoms with Crippen molar-refractivity contribution in [2.45, 2.75) is 46.6 Å². The summed E-state index contributed by atoms with van der Waals surface area (Å²) in [4.78, 5) is 0. The Morgan fingerprint density at radius 1 is 1.15 bits per heavy atom. The topological polar surface area (TPSA) is 21.3 Å². The monoisotopic (exact) mass is 187 g/mol. The van der Waals surface area contributed by atoms with E-state index in [0.717, 1.165) is 19.7 Å². The highest BCUT2D eigenvalue weighted by Gasteiger charge is 2.02. The first-order valence-corrected chi connectivity index (χ1v) is 5.49. The van der Waals surface area contributed by atoms with E-state index in [1.807, 2.05) is 0 Å². The van der Waals surface area contributed by atoms with Gasteiger partial charge in [0.2, 0.25) is 0 Å². The Morgan fingerprint density at radius 2 is 1.85 bits per heavy atom. The van der Waals surface area contributed by atoms with Crippen LogP contribution in [0, 0.1) is 5.92 Å². The highest BCUT2D eigenvalue weighted by Crippen LogP contribution is 2.02. The van der Waals surface area contributed by atoms with Crippen LogP contribution in [0.5, 0.6) is 0 Å². The van der Waals surface area contributed by atoms with E-state index in [0.29, 0.717) is 12.0 Å². The van der Waals surface area contributed by atoms with Crippen LogP contribution in [0.1, 0.15) is 40.5 Å². The summed E-state index contributed by atoms with van der Waals surface area (Å²) in [5.74, 6) is 0.673. The highest BCUT2D eigenvalue weighted by atomic mass is 16.5. The molecule has 1 unspecified atom stereocenters. The molecule has 0 aromatic rings. The molecule has 0 heterocycles. The molecule has 0 aliphatic rings. The zero-order valence-corrected chi connectivity index (χ0v) is 9.60. The van der Waals surface area contributed by atoms with Crippen LogP contribution in [0.3, 0.4) is 0 Å². The van der Waals surface area contributed by atoms with Gasteiger partial charge < -0.3 is 10.1 Å². The average Bonchev–Trinajstić information content (AvgIpc) is 2.09. The molecular formula is C11H25NO. The van der Waals surface area contributed by atoms with Crippen LogP contribution in [-0.2, 0) is 4.74 Å². The second-order valence-corrected chi connectivity index (χ2v) is 4.03. The summed E-state index contributed by atoms with van der Waals surface area (Å²) in [6.45, 7) is 11.8. The first-order valence-electron chi connectivity index (χ1n) is 5.49. The van der Waals surface area contributed by atoms with Gasteiger partial charge in [0.1, 0.15) is 0 Å². The maximum Gasteiger partial charge on any atom is 0.0519 e. The van der Waals surface area contributed by atoms with Gasteiger partial charge >= 0.3 is 0 Å². The van der Waals surface area contributed by atoms with Crippen molar-refractivity contribution in [1.29, 1.82) is 0 Å². The number of hydrogen-bond donors (Lipinski definition) is 1. The Bertz CT molecular complexity index is 104. The van der Waals surface area contributed by atoms with Crippen LogP contribution < -0.4 is 5.32 Å². The summed E-state index contributed by atoms with van der Waals surface area (Å²) in [7, 11) is 0. The molecule has 0 radical (unpaired) electrons. The van der Waals surface area contributed by atoms with Crippen LogP contribution >= 0.6 is 0 Å². The van der Waals surface area contributed by atoms with Gasteiger partial charge in [0.05, 0.1) is 6.10 Å². The van der Waals surface area contributed by atoms with Gasteiger partial charge in [-0.15, -0.1) is 0 Å². The SMILES string of the molecule is CCCNCCC(C)COC(C)C. The second kappa shape index (κ2) is 8.52. The van der Waals surface area contributed by atoms with Crippen molar-refractivity contribution in [2.24, 2.45) is 5.92 Å². The molecule has 0 aliphatic carbocycles. The smallest absolute Gasteiger partial charge is 0.0519 e. The predicted molar refractivity (Wildman–Crippen MR) is 58.0 cm³/mol. The molecule has 2 heteroatoms. The summed E-state index contributed by atoms with van der Waals surface area (Å²) >= 11 is 0. The zero-order chi connectivity index (χ0) is 10.1. The van der Waals surface area contributed by atoms with Crippen molar-refractivity contribution < 1.29 is 4.74 Å². The van der Waals surface area contributed by atoms with Crippen molar-refractivity contribution in [3.63, 3.8) is 0 Å². The Labute approximate surface area is 83.1 Å². The molecule has 0 bridgehead atoms. The molecule has 2 nitrogen and oxygen atoms in total. The van der Waals surface area contributed by atoms with Crippen LogP contribution in [0.25, 0.3) is 0 Å². The number of ether oxygens (including phenoxy) is 1. The minimum absolute atomic E-state index is 0.367. The van der Waals surface area contributed by atoms with Crippen molar-refractivity contribution in [2.75, 3.05) is 19.7 Å². The van der Waals surface area contributed by atoms with E-state index in [9.17, 15) is 0 Å². The van der Waals surface area contributed by atoms with Crippen molar-refractivity contribution >= 4 is 0 Å². The highest BCUT2D eigenvalue weighted by molar-refractivity contribution is 4.55. The number of hydrogen-bond acceptors (Lipinski definition) is 2. The largest absolute Gasteiger partial charge is 0.379 e. The molecule has 0 aromatic heterocycles. The van der Waals surface area contributed by atoms with Crippen LogP contribution in [0.4, 0.5) is 0 Å². The molecule has 0 fully saturated rings. The lowest BCUT2D eigenvalue weighted by atomic mass is 10.1. The van der Waals surface area contributed by atoms with E-state index in [1.54, 1.807) is 0 Å². The maximum atomic E-state index is 5.53. The summed E-state index contributed by atoms with van der Waals surface area (Å²) in [5.41, 5.74) is 0. The van der Waals surface area contributed by atoms with Gasteiger partial charge in [-0.25, -0.2) is 0 Å². The first kappa shape index (κ1) is 12.9. The quantitative estimate of drug-likeness (QED) is 0.589. The second-order valence-electron chi connectivity index (χ2n) is 4.03. The predicted octanol–water partition coefficient (Wildman–Crippen LogP) is 2.44. The fraction of sp³-hybridized carbons (Fsp3) is 1.00. The van der Waals surface area contributed by atoms with Gasteiger partial charge in [-0.1, -0.05) is 13.8 Å². The minimum Gasteiger partial charge on any atom is -0.379 e. The van der Waals surface area contributed by atoms with E-state index in [4.69, 9.17) is 4.74 Å². The van der Waals surface area contributed by atoms with Gasteiger partial charge in [-0.05, 0) is 45.7 Å². The normalized spacial score (nSPS) is 13.6. The third-order valence-corrected chi connectivity index (χ3v) is 1.95. The van der Waals surface area contributed by atoms with E-state index in [-0.39, 0.29) is 0 Å². The average molecular weight is 187 g/mol. The first-order chi connectivity index (χ1) is 6.16. The van der Waals surface area contributed by atoms with Crippen molar-refractivity contribution in [3.8, 4) is 0 Å². The van der Waals surface area contributed by atoms with Crippen molar-refractivity contribution in [3.05, 3.63) is 0 Å². The Balaban J connectivity index is 3.15. The fourth-order valence-electron chi connectivity index (χ4n) is 1.09. The molecule has 1 N–H and O–H groups in total. The Morgan fingerprint density at radius 3 is 2.38 bits per heavy atom. The van der Waals surface area contributed by atoms with Gasteiger partial charge in [0.25, 0.3) is 0 Å². The fourth-order valence-corrected chi connectivity index (χ4v) is 1.09. The summed E-state index contributed by atoms with van der Waals surface area (Å²) < 4.78 is 5.53. The molecule has 0 amide bonds. The zero-order valence-electron chi connectivity index (χ0n) is 9.60. The lowest BCUT2D eigenvalue weighted by molar-refractivity contribution is 0.0534. The van der Waals surface area contributed by atoms with Crippen LogP contribution in [0.2, 0.25) is 0 Å². The molecule has 0 aromatic carbocycles. The van der Waals surface area contributed by atoms with E-state index < -0.39 is 0 Å². The molecule has 0 saturated carbocycles. The molecule has 1 atom stereocenters. The lowest BCUT2D eigenvalue weighted by Gasteiger charge is -2.14. The molecular weight excluding hydrogens is 162 g/mol. The Kier molecular flexibility index (Phi) is 8.46. The molecule has 80 valence electrons. The molecule has 0 spiro atoms. The van der Waals surface area contributed by atoms with Crippen molar-refractivity contribution in [1.82, 2.24) is 5.32 Å².